The van der Waals surface area contributed by atoms with Crippen LogP contribution in [0.25, 0.3) is 0 Å². The Bertz CT molecular complexity index is 283. The maximum absolute atomic E-state index is 5.55. The van der Waals surface area contributed by atoms with Crippen LogP contribution in [0.1, 0.15) is 19.8 Å². The SMILES string of the molecule is C=C(N)/C=C1/CC2CC2/C1=C/C. The number of hydrogen-bond donors (Lipinski definition) is 1. The van der Waals surface area contributed by atoms with E-state index in [1.54, 1.807) is 0 Å². The van der Waals surface area contributed by atoms with Crippen LogP contribution < -0.4 is 5.73 Å². The zero-order valence-electron chi connectivity index (χ0n) is 7.51. The van der Waals surface area contributed by atoms with Crippen LogP contribution in [0.15, 0.2) is 35.6 Å². The second-order valence-corrected chi connectivity index (χ2v) is 3.79. The number of hydrogen-bond acceptors (Lipinski definition) is 1. The Hall–Kier alpha value is -0.980. The van der Waals surface area contributed by atoms with Crippen LogP contribution in [-0.2, 0) is 0 Å². The average molecular weight is 161 g/mol. The minimum absolute atomic E-state index is 0.686. The van der Waals surface area contributed by atoms with Crippen molar-refractivity contribution >= 4 is 0 Å². The van der Waals surface area contributed by atoms with Gasteiger partial charge in [-0.2, -0.15) is 0 Å². The molecule has 0 bridgehead atoms. The molecule has 2 aliphatic rings. The number of allylic oxidation sites excluding steroid dienone is 4. The molecule has 2 saturated carbocycles. The summed E-state index contributed by atoms with van der Waals surface area (Å²) >= 11 is 0. The summed E-state index contributed by atoms with van der Waals surface area (Å²) in [4.78, 5) is 0. The Balaban J connectivity index is 2.24. The van der Waals surface area contributed by atoms with E-state index in [0.717, 1.165) is 11.8 Å². The van der Waals surface area contributed by atoms with Gasteiger partial charge in [-0.15, -0.1) is 0 Å². The van der Waals surface area contributed by atoms with Gasteiger partial charge in [-0.25, -0.2) is 0 Å². The second kappa shape index (κ2) is 2.51. The molecule has 0 aromatic rings. The minimum atomic E-state index is 0.686. The van der Waals surface area contributed by atoms with Crippen LogP contribution in [0.3, 0.4) is 0 Å². The lowest BCUT2D eigenvalue weighted by molar-refractivity contribution is 0.854. The molecule has 2 fully saturated rings. The highest BCUT2D eigenvalue weighted by Gasteiger charge is 2.46. The molecule has 2 aliphatic carbocycles. The summed E-state index contributed by atoms with van der Waals surface area (Å²) in [6.45, 7) is 5.82. The summed E-state index contributed by atoms with van der Waals surface area (Å²) in [5.74, 6) is 1.79. The van der Waals surface area contributed by atoms with E-state index in [-0.39, 0.29) is 0 Å². The molecular weight excluding hydrogens is 146 g/mol. The van der Waals surface area contributed by atoms with E-state index in [0.29, 0.717) is 5.70 Å². The Morgan fingerprint density at radius 1 is 1.67 bits per heavy atom. The molecule has 2 atom stereocenters. The first-order chi connectivity index (χ1) is 5.72. The normalized spacial score (nSPS) is 38.8. The number of nitrogens with two attached hydrogens (primary N) is 1. The molecule has 0 heterocycles. The summed E-state index contributed by atoms with van der Waals surface area (Å²) in [7, 11) is 0. The van der Waals surface area contributed by atoms with Crippen molar-refractivity contribution in [3.8, 4) is 0 Å². The number of rotatable bonds is 1. The molecule has 12 heavy (non-hydrogen) atoms. The van der Waals surface area contributed by atoms with Crippen LogP contribution in [0.5, 0.6) is 0 Å². The van der Waals surface area contributed by atoms with E-state index in [1.165, 1.54) is 24.0 Å². The fraction of sp³-hybridized carbons (Fsp3) is 0.455. The van der Waals surface area contributed by atoms with Gasteiger partial charge in [0.1, 0.15) is 0 Å². The van der Waals surface area contributed by atoms with E-state index in [9.17, 15) is 0 Å². The first-order valence-corrected chi connectivity index (χ1v) is 4.54. The monoisotopic (exact) mass is 161 g/mol. The lowest BCUT2D eigenvalue weighted by Crippen LogP contribution is -1.93. The van der Waals surface area contributed by atoms with Gasteiger partial charge >= 0.3 is 0 Å². The predicted molar refractivity (Wildman–Crippen MR) is 51.4 cm³/mol. The second-order valence-electron chi connectivity index (χ2n) is 3.79. The van der Waals surface area contributed by atoms with Crippen molar-refractivity contribution in [3.05, 3.63) is 35.6 Å². The lowest BCUT2D eigenvalue weighted by atomic mass is 10.0. The molecule has 0 aromatic carbocycles. The lowest BCUT2D eigenvalue weighted by Gasteiger charge is -2.03. The van der Waals surface area contributed by atoms with Crippen LogP contribution >= 0.6 is 0 Å². The summed E-state index contributed by atoms with van der Waals surface area (Å²) in [5.41, 5.74) is 9.18. The van der Waals surface area contributed by atoms with E-state index in [1.807, 2.05) is 6.08 Å². The quantitative estimate of drug-likeness (QED) is 0.627. The van der Waals surface area contributed by atoms with Gasteiger partial charge in [0.05, 0.1) is 0 Å². The predicted octanol–water partition coefficient (Wildman–Crippen LogP) is 2.37. The molecule has 0 aliphatic heterocycles. The smallest absolute Gasteiger partial charge is 0.0243 e. The van der Waals surface area contributed by atoms with Gasteiger partial charge in [0.25, 0.3) is 0 Å². The van der Waals surface area contributed by atoms with Crippen LogP contribution in [-0.4, -0.2) is 0 Å². The zero-order chi connectivity index (χ0) is 8.72. The van der Waals surface area contributed by atoms with Crippen LogP contribution in [0.4, 0.5) is 0 Å². The fourth-order valence-electron chi connectivity index (χ4n) is 2.26. The Morgan fingerprint density at radius 2 is 2.42 bits per heavy atom. The highest BCUT2D eigenvalue weighted by molar-refractivity contribution is 5.45. The molecule has 1 heteroatoms. The zero-order valence-corrected chi connectivity index (χ0v) is 7.51. The fourth-order valence-corrected chi connectivity index (χ4v) is 2.26. The average Bonchev–Trinajstić information content (AvgIpc) is 2.63. The van der Waals surface area contributed by atoms with Gasteiger partial charge in [0.2, 0.25) is 0 Å². The van der Waals surface area contributed by atoms with Crippen LogP contribution in [0.2, 0.25) is 0 Å². The molecule has 2 unspecified atom stereocenters. The molecule has 2 N–H and O–H groups in total. The molecule has 0 saturated heterocycles. The Kier molecular flexibility index (Phi) is 1.60. The van der Waals surface area contributed by atoms with Gasteiger partial charge in [0.15, 0.2) is 0 Å². The van der Waals surface area contributed by atoms with Gasteiger partial charge in [-0.05, 0) is 48.8 Å². The standard InChI is InChI=1S/C11H15N/c1-3-10-8(4-7(2)12)5-9-6-11(9)10/h3-4,9,11H,2,5-6,12H2,1H3/b8-4-,10-3+. The maximum Gasteiger partial charge on any atom is 0.0243 e. The molecule has 0 spiro atoms. The van der Waals surface area contributed by atoms with Crippen molar-refractivity contribution in [3.63, 3.8) is 0 Å². The van der Waals surface area contributed by atoms with Gasteiger partial charge in [0, 0.05) is 5.70 Å². The highest BCUT2D eigenvalue weighted by atomic mass is 14.6. The van der Waals surface area contributed by atoms with Crippen molar-refractivity contribution in [2.75, 3.05) is 0 Å². The van der Waals surface area contributed by atoms with Crippen molar-refractivity contribution < 1.29 is 0 Å². The maximum atomic E-state index is 5.55. The first-order valence-electron chi connectivity index (χ1n) is 4.54. The van der Waals surface area contributed by atoms with Gasteiger partial charge < -0.3 is 5.73 Å². The molecule has 0 aromatic heterocycles. The molecular formula is C11H15N. The molecule has 0 radical (unpaired) electrons. The van der Waals surface area contributed by atoms with Gasteiger partial charge in [-0.1, -0.05) is 12.7 Å². The third kappa shape index (κ3) is 1.09. The largest absolute Gasteiger partial charge is 0.399 e. The highest BCUT2D eigenvalue weighted by Crippen LogP contribution is 2.57. The van der Waals surface area contributed by atoms with Crippen LogP contribution in [0, 0.1) is 11.8 Å². The summed E-state index contributed by atoms with van der Waals surface area (Å²) in [6, 6.07) is 0. The third-order valence-electron chi connectivity index (χ3n) is 2.85. The van der Waals surface area contributed by atoms with Gasteiger partial charge in [-0.3, -0.25) is 0 Å². The third-order valence-corrected chi connectivity index (χ3v) is 2.85. The molecule has 64 valence electrons. The molecule has 1 nitrogen and oxygen atoms in total. The Labute approximate surface area is 73.6 Å². The van der Waals surface area contributed by atoms with E-state index in [2.05, 4.69) is 19.6 Å². The molecule has 2 rings (SSSR count). The van der Waals surface area contributed by atoms with Crippen molar-refractivity contribution in [1.29, 1.82) is 0 Å². The minimum Gasteiger partial charge on any atom is -0.399 e. The first kappa shape index (κ1) is 7.66. The van der Waals surface area contributed by atoms with E-state index < -0.39 is 0 Å². The van der Waals surface area contributed by atoms with Crippen molar-refractivity contribution in [2.45, 2.75) is 19.8 Å². The van der Waals surface area contributed by atoms with E-state index in [4.69, 9.17) is 5.73 Å². The summed E-state index contributed by atoms with van der Waals surface area (Å²) in [5, 5.41) is 0. The van der Waals surface area contributed by atoms with E-state index >= 15 is 0 Å². The Morgan fingerprint density at radius 3 is 3.00 bits per heavy atom. The molecule has 0 amide bonds. The van der Waals surface area contributed by atoms with Crippen molar-refractivity contribution in [1.82, 2.24) is 0 Å². The van der Waals surface area contributed by atoms with Crippen molar-refractivity contribution in [2.24, 2.45) is 17.6 Å². The summed E-state index contributed by atoms with van der Waals surface area (Å²) < 4.78 is 0. The topological polar surface area (TPSA) is 26.0 Å². The number of fused-ring (bicyclic) bond motifs is 1. The summed E-state index contributed by atoms with van der Waals surface area (Å²) in [6.07, 6.45) is 6.88.